The van der Waals surface area contributed by atoms with Crippen molar-refractivity contribution >= 4 is 11.9 Å². The molecule has 0 saturated heterocycles. The Morgan fingerprint density at radius 3 is 2.67 bits per heavy atom. The van der Waals surface area contributed by atoms with Crippen LogP contribution in [-0.2, 0) is 16.1 Å². The molecule has 0 spiro atoms. The lowest BCUT2D eigenvalue weighted by molar-refractivity contribution is -0.143. The van der Waals surface area contributed by atoms with Crippen molar-refractivity contribution in [3.8, 4) is 0 Å². The van der Waals surface area contributed by atoms with Gasteiger partial charge in [0.1, 0.15) is 11.6 Å². The number of hydrogen-bond donors (Lipinski definition) is 2. The first-order chi connectivity index (χ1) is 8.40. The molecule has 0 aliphatic rings. The van der Waals surface area contributed by atoms with E-state index >= 15 is 0 Å². The lowest BCUT2D eigenvalue weighted by atomic mass is 10.1. The fraction of sp³-hybridized carbons (Fsp3) is 0.333. The number of benzene rings is 1. The number of carbonyl (C=O) groups is 2. The molecule has 98 valence electrons. The molecule has 18 heavy (non-hydrogen) atoms. The van der Waals surface area contributed by atoms with Gasteiger partial charge in [0, 0.05) is 18.5 Å². The van der Waals surface area contributed by atoms with E-state index < -0.39 is 29.4 Å². The summed E-state index contributed by atoms with van der Waals surface area (Å²) in [5, 5.41) is 11.0. The van der Waals surface area contributed by atoms with Crippen molar-refractivity contribution < 1.29 is 23.5 Å². The van der Waals surface area contributed by atoms with Crippen LogP contribution in [0, 0.1) is 17.6 Å². The normalized spacial score (nSPS) is 11.9. The molecule has 0 aliphatic heterocycles. The minimum atomic E-state index is -1.08. The summed E-state index contributed by atoms with van der Waals surface area (Å²) in [4.78, 5) is 21.9. The van der Waals surface area contributed by atoms with Crippen molar-refractivity contribution in [1.82, 2.24) is 5.32 Å². The molecule has 1 rings (SSSR count). The second kappa shape index (κ2) is 6.09. The molecule has 0 bridgehead atoms. The van der Waals surface area contributed by atoms with E-state index in [2.05, 4.69) is 5.32 Å². The van der Waals surface area contributed by atoms with Gasteiger partial charge >= 0.3 is 5.97 Å². The number of aliphatic carboxylic acids is 1. The van der Waals surface area contributed by atoms with Crippen LogP contribution in [0.3, 0.4) is 0 Å². The van der Waals surface area contributed by atoms with Crippen molar-refractivity contribution in [3.63, 3.8) is 0 Å². The molecule has 1 amide bonds. The van der Waals surface area contributed by atoms with Gasteiger partial charge in [-0.2, -0.15) is 0 Å². The van der Waals surface area contributed by atoms with Crippen LogP contribution in [-0.4, -0.2) is 17.0 Å². The average Bonchev–Trinajstić information content (AvgIpc) is 2.30. The Hall–Kier alpha value is -1.98. The summed E-state index contributed by atoms with van der Waals surface area (Å²) < 4.78 is 26.0. The molecule has 1 atom stereocenters. The van der Waals surface area contributed by atoms with E-state index in [1.807, 2.05) is 0 Å². The molecule has 1 unspecified atom stereocenters. The smallest absolute Gasteiger partial charge is 0.306 e. The van der Waals surface area contributed by atoms with Crippen LogP contribution in [0.1, 0.15) is 18.9 Å². The summed E-state index contributed by atoms with van der Waals surface area (Å²) in [7, 11) is 0. The third kappa shape index (κ3) is 4.12. The van der Waals surface area contributed by atoms with Gasteiger partial charge in [0.25, 0.3) is 0 Å². The van der Waals surface area contributed by atoms with Crippen molar-refractivity contribution in [2.45, 2.75) is 19.9 Å². The summed E-state index contributed by atoms with van der Waals surface area (Å²) in [5.41, 5.74) is 0.0197. The maximum absolute atomic E-state index is 13.2. The standard InChI is InChI=1S/C12H13F2NO3/c1-7(12(17)18)4-11(16)15-6-8-5-9(13)2-3-10(8)14/h2-3,5,7H,4,6H2,1H3,(H,15,16)(H,17,18). The first-order valence-electron chi connectivity index (χ1n) is 5.33. The molecule has 0 saturated carbocycles. The highest BCUT2D eigenvalue weighted by Crippen LogP contribution is 2.09. The highest BCUT2D eigenvalue weighted by atomic mass is 19.1. The maximum atomic E-state index is 13.2. The van der Waals surface area contributed by atoms with Crippen LogP contribution in [0.25, 0.3) is 0 Å². The summed E-state index contributed by atoms with van der Waals surface area (Å²) in [6.45, 7) is 1.22. The molecule has 0 aromatic heterocycles. The zero-order chi connectivity index (χ0) is 13.7. The fourth-order valence-electron chi connectivity index (χ4n) is 1.31. The number of amides is 1. The topological polar surface area (TPSA) is 66.4 Å². The number of carboxylic acids is 1. The monoisotopic (exact) mass is 257 g/mol. The van der Waals surface area contributed by atoms with Crippen LogP contribution >= 0.6 is 0 Å². The molecular weight excluding hydrogens is 244 g/mol. The second-order valence-electron chi connectivity index (χ2n) is 3.96. The molecule has 1 aromatic carbocycles. The maximum Gasteiger partial charge on any atom is 0.306 e. The zero-order valence-electron chi connectivity index (χ0n) is 9.74. The van der Waals surface area contributed by atoms with Crippen LogP contribution in [0.4, 0.5) is 8.78 Å². The van der Waals surface area contributed by atoms with Gasteiger partial charge in [0.15, 0.2) is 0 Å². The van der Waals surface area contributed by atoms with Crippen LogP contribution < -0.4 is 5.32 Å². The van der Waals surface area contributed by atoms with Crippen LogP contribution in [0.2, 0.25) is 0 Å². The lowest BCUT2D eigenvalue weighted by Gasteiger charge is -2.08. The van der Waals surface area contributed by atoms with Gasteiger partial charge in [-0.15, -0.1) is 0 Å². The molecule has 0 fully saturated rings. The van der Waals surface area contributed by atoms with E-state index in [0.29, 0.717) is 0 Å². The van der Waals surface area contributed by atoms with Crippen molar-refractivity contribution in [2.24, 2.45) is 5.92 Å². The van der Waals surface area contributed by atoms with Gasteiger partial charge in [-0.05, 0) is 18.2 Å². The third-order valence-electron chi connectivity index (χ3n) is 2.40. The number of nitrogens with one attached hydrogen (secondary N) is 1. The third-order valence-corrected chi connectivity index (χ3v) is 2.40. The molecule has 1 aromatic rings. The number of carbonyl (C=O) groups excluding carboxylic acids is 1. The summed E-state index contributed by atoms with van der Waals surface area (Å²) >= 11 is 0. The Kier molecular flexibility index (Phi) is 4.76. The van der Waals surface area contributed by atoms with E-state index in [0.717, 1.165) is 18.2 Å². The Morgan fingerprint density at radius 2 is 2.06 bits per heavy atom. The number of carboxylic acid groups (broad SMARTS) is 1. The summed E-state index contributed by atoms with van der Waals surface area (Å²) in [6, 6.07) is 2.93. The second-order valence-corrected chi connectivity index (χ2v) is 3.96. The molecule has 0 radical (unpaired) electrons. The van der Waals surface area contributed by atoms with Crippen LogP contribution in [0.5, 0.6) is 0 Å². The molecule has 0 aliphatic carbocycles. The molecule has 6 heteroatoms. The highest BCUT2D eigenvalue weighted by Gasteiger charge is 2.15. The SMILES string of the molecule is CC(CC(=O)NCc1cc(F)ccc1F)C(=O)O. The fourth-order valence-corrected chi connectivity index (χ4v) is 1.31. The van der Waals surface area contributed by atoms with Gasteiger partial charge < -0.3 is 10.4 Å². The minimum Gasteiger partial charge on any atom is -0.481 e. The average molecular weight is 257 g/mol. The Labute approximate surface area is 103 Å². The Bertz CT molecular complexity index is 463. The van der Waals surface area contributed by atoms with E-state index in [4.69, 9.17) is 5.11 Å². The van der Waals surface area contributed by atoms with E-state index in [1.165, 1.54) is 6.92 Å². The minimum absolute atomic E-state index is 0.0197. The van der Waals surface area contributed by atoms with Gasteiger partial charge in [-0.3, -0.25) is 9.59 Å². The molecule has 0 heterocycles. The summed E-state index contributed by atoms with van der Waals surface area (Å²) in [5.74, 6) is -3.64. The van der Waals surface area contributed by atoms with Gasteiger partial charge in [0.05, 0.1) is 5.92 Å². The Balaban J connectivity index is 2.52. The number of rotatable bonds is 5. The van der Waals surface area contributed by atoms with Gasteiger partial charge in [-0.1, -0.05) is 6.92 Å². The van der Waals surface area contributed by atoms with E-state index in [-0.39, 0.29) is 18.5 Å². The van der Waals surface area contributed by atoms with Gasteiger partial charge in [0.2, 0.25) is 5.91 Å². The van der Waals surface area contributed by atoms with Crippen molar-refractivity contribution in [1.29, 1.82) is 0 Å². The summed E-state index contributed by atoms with van der Waals surface area (Å²) in [6.07, 6.45) is -0.202. The lowest BCUT2D eigenvalue weighted by Crippen LogP contribution is -2.27. The molecule has 2 N–H and O–H groups in total. The highest BCUT2D eigenvalue weighted by molar-refractivity contribution is 5.81. The first-order valence-corrected chi connectivity index (χ1v) is 5.33. The predicted molar refractivity (Wildman–Crippen MR) is 59.6 cm³/mol. The largest absolute Gasteiger partial charge is 0.481 e. The van der Waals surface area contributed by atoms with Crippen molar-refractivity contribution in [3.05, 3.63) is 35.4 Å². The van der Waals surface area contributed by atoms with E-state index in [9.17, 15) is 18.4 Å². The van der Waals surface area contributed by atoms with Gasteiger partial charge in [-0.25, -0.2) is 8.78 Å². The number of halogens is 2. The predicted octanol–water partition coefficient (Wildman–Crippen LogP) is 1.69. The number of hydrogen-bond acceptors (Lipinski definition) is 2. The molecular formula is C12H13F2NO3. The van der Waals surface area contributed by atoms with Crippen molar-refractivity contribution in [2.75, 3.05) is 0 Å². The van der Waals surface area contributed by atoms with E-state index in [1.54, 1.807) is 0 Å². The quantitative estimate of drug-likeness (QED) is 0.843. The first kappa shape index (κ1) is 14.1. The zero-order valence-corrected chi connectivity index (χ0v) is 9.74. The Morgan fingerprint density at radius 1 is 1.39 bits per heavy atom. The molecule has 4 nitrogen and oxygen atoms in total. The van der Waals surface area contributed by atoms with Crippen LogP contribution in [0.15, 0.2) is 18.2 Å².